The molecule has 5 heteroatoms. The molecule has 16 heavy (non-hydrogen) atoms. The first kappa shape index (κ1) is 12.3. The first-order valence-electron chi connectivity index (χ1n) is 4.62. The van der Waals surface area contributed by atoms with E-state index in [9.17, 15) is 13.6 Å². The van der Waals surface area contributed by atoms with Crippen LogP contribution >= 0.6 is 0 Å². The van der Waals surface area contributed by atoms with E-state index in [1.165, 1.54) is 13.3 Å². The summed E-state index contributed by atoms with van der Waals surface area (Å²) in [6.45, 7) is 1.53. The molecule has 1 aromatic rings. The Morgan fingerprint density at radius 2 is 1.88 bits per heavy atom. The van der Waals surface area contributed by atoms with Gasteiger partial charge in [-0.05, 0) is 24.6 Å². The van der Waals surface area contributed by atoms with Crippen LogP contribution in [0.2, 0.25) is 0 Å². The average Bonchev–Trinajstić information content (AvgIpc) is 2.20. The van der Waals surface area contributed by atoms with Gasteiger partial charge in [0.1, 0.15) is 0 Å². The second-order valence-electron chi connectivity index (χ2n) is 3.59. The van der Waals surface area contributed by atoms with Gasteiger partial charge in [0.15, 0.2) is 11.6 Å². The van der Waals surface area contributed by atoms with Crippen LogP contribution < -0.4 is 0 Å². The number of rotatable bonds is 2. The lowest BCUT2D eigenvalue weighted by atomic mass is 10.1. The van der Waals surface area contributed by atoms with E-state index in [1.807, 2.05) is 0 Å². The number of aryl methyl sites for hydroxylation is 1. The molecule has 0 aliphatic carbocycles. The number of carbonyl (C=O) groups is 1. The number of hydrogen-bond acceptors (Lipinski definition) is 1. The molecule has 1 rings (SSSR count). The van der Waals surface area contributed by atoms with Crippen LogP contribution in [0.25, 0.3) is 0 Å². The maximum atomic E-state index is 12.9. The number of hydrogen-bond donors (Lipinski definition) is 0. The van der Waals surface area contributed by atoms with Crippen molar-refractivity contribution in [3.63, 3.8) is 0 Å². The highest BCUT2D eigenvalue weighted by Crippen LogP contribution is 2.15. The molecule has 0 bridgehead atoms. The van der Waals surface area contributed by atoms with Gasteiger partial charge >= 0.3 is 0 Å². The van der Waals surface area contributed by atoms with Gasteiger partial charge in [-0.1, -0.05) is 0 Å². The standard InChI is InChI=1S/C11H12F2N2O/c1-7-4-9(12)10(13)5-8(7)11(16)14-6-15(2)3/h4-6H,1-3H3. The normalized spacial score (nSPS) is 10.8. The highest BCUT2D eigenvalue weighted by molar-refractivity contribution is 5.99. The van der Waals surface area contributed by atoms with E-state index in [0.29, 0.717) is 5.56 Å². The number of halogens is 2. The molecule has 0 spiro atoms. The SMILES string of the molecule is Cc1cc(F)c(F)cc1C(=O)N=CN(C)C. The quantitative estimate of drug-likeness (QED) is 0.570. The Hall–Kier alpha value is -1.78. The van der Waals surface area contributed by atoms with E-state index in [2.05, 4.69) is 4.99 Å². The number of amides is 1. The Balaban J connectivity index is 3.05. The van der Waals surface area contributed by atoms with Crippen molar-refractivity contribution in [3.8, 4) is 0 Å². The van der Waals surface area contributed by atoms with E-state index in [4.69, 9.17) is 0 Å². The Bertz CT molecular complexity index is 442. The number of carbonyl (C=O) groups excluding carboxylic acids is 1. The van der Waals surface area contributed by atoms with Crippen molar-refractivity contribution in [1.29, 1.82) is 0 Å². The zero-order chi connectivity index (χ0) is 12.3. The molecule has 0 saturated heterocycles. The van der Waals surface area contributed by atoms with Crippen molar-refractivity contribution in [2.24, 2.45) is 4.99 Å². The molecule has 1 aromatic carbocycles. The van der Waals surface area contributed by atoms with Crippen molar-refractivity contribution in [2.45, 2.75) is 6.92 Å². The highest BCUT2D eigenvalue weighted by atomic mass is 19.2. The Morgan fingerprint density at radius 3 is 2.44 bits per heavy atom. The van der Waals surface area contributed by atoms with Crippen LogP contribution in [0.3, 0.4) is 0 Å². The molecule has 0 aliphatic heterocycles. The van der Waals surface area contributed by atoms with Crippen molar-refractivity contribution in [1.82, 2.24) is 4.90 Å². The van der Waals surface area contributed by atoms with Gasteiger partial charge in [-0.2, -0.15) is 4.99 Å². The van der Waals surface area contributed by atoms with E-state index in [1.54, 1.807) is 19.0 Å². The van der Waals surface area contributed by atoms with Crippen LogP contribution in [0.15, 0.2) is 17.1 Å². The molecule has 0 fully saturated rings. The Morgan fingerprint density at radius 1 is 1.31 bits per heavy atom. The molecule has 3 nitrogen and oxygen atoms in total. The first-order chi connectivity index (χ1) is 7.41. The maximum Gasteiger partial charge on any atom is 0.278 e. The molecule has 0 saturated carbocycles. The number of nitrogens with zero attached hydrogens (tertiary/aromatic N) is 2. The van der Waals surface area contributed by atoms with Crippen molar-refractivity contribution in [3.05, 3.63) is 34.9 Å². The number of aliphatic imine (C=N–C) groups is 1. The Labute approximate surface area is 92.4 Å². The summed E-state index contributed by atoms with van der Waals surface area (Å²) < 4.78 is 25.7. The second kappa shape index (κ2) is 4.83. The lowest BCUT2D eigenvalue weighted by Crippen LogP contribution is -2.10. The van der Waals surface area contributed by atoms with Crippen LogP contribution in [-0.2, 0) is 0 Å². The third-order valence-electron chi connectivity index (χ3n) is 1.90. The molecular formula is C11H12F2N2O. The molecule has 86 valence electrons. The smallest absolute Gasteiger partial charge is 0.278 e. The largest absolute Gasteiger partial charge is 0.369 e. The van der Waals surface area contributed by atoms with Gasteiger partial charge in [0, 0.05) is 19.7 Å². The van der Waals surface area contributed by atoms with E-state index in [0.717, 1.165) is 12.1 Å². The fraction of sp³-hybridized carbons (Fsp3) is 0.273. The lowest BCUT2D eigenvalue weighted by Gasteiger charge is -2.04. The summed E-state index contributed by atoms with van der Waals surface area (Å²) >= 11 is 0. The van der Waals surface area contributed by atoms with Gasteiger partial charge in [-0.15, -0.1) is 0 Å². The maximum absolute atomic E-state index is 12.9. The summed E-state index contributed by atoms with van der Waals surface area (Å²) in [6, 6.07) is 1.84. The van der Waals surface area contributed by atoms with Crippen LogP contribution in [0.4, 0.5) is 8.78 Å². The molecule has 0 radical (unpaired) electrons. The van der Waals surface area contributed by atoms with Crippen molar-refractivity contribution >= 4 is 12.2 Å². The van der Waals surface area contributed by atoms with Gasteiger partial charge in [0.2, 0.25) is 0 Å². The minimum Gasteiger partial charge on any atom is -0.369 e. The molecule has 0 heterocycles. The van der Waals surface area contributed by atoms with Gasteiger partial charge in [-0.25, -0.2) is 8.78 Å². The molecule has 0 atom stereocenters. The zero-order valence-electron chi connectivity index (χ0n) is 9.29. The molecule has 1 amide bonds. The fourth-order valence-electron chi connectivity index (χ4n) is 1.11. The summed E-state index contributed by atoms with van der Waals surface area (Å²) in [4.78, 5) is 16.7. The minimum atomic E-state index is -1.05. The molecule has 0 aliphatic rings. The van der Waals surface area contributed by atoms with E-state index >= 15 is 0 Å². The third kappa shape index (κ3) is 2.85. The van der Waals surface area contributed by atoms with Crippen LogP contribution in [0, 0.1) is 18.6 Å². The predicted octanol–water partition coefficient (Wildman–Crippen LogP) is 2.00. The molecule has 0 N–H and O–H groups in total. The van der Waals surface area contributed by atoms with Gasteiger partial charge in [-0.3, -0.25) is 4.79 Å². The Kier molecular flexibility index (Phi) is 3.71. The van der Waals surface area contributed by atoms with E-state index < -0.39 is 17.5 Å². The zero-order valence-corrected chi connectivity index (χ0v) is 9.29. The topological polar surface area (TPSA) is 32.7 Å². The lowest BCUT2D eigenvalue weighted by molar-refractivity contribution is 0.100. The number of benzene rings is 1. The molecule has 0 aromatic heterocycles. The monoisotopic (exact) mass is 226 g/mol. The van der Waals surface area contributed by atoms with Crippen molar-refractivity contribution < 1.29 is 13.6 Å². The summed E-state index contributed by atoms with van der Waals surface area (Å²) in [5, 5.41) is 0. The first-order valence-corrected chi connectivity index (χ1v) is 4.62. The van der Waals surface area contributed by atoms with Gasteiger partial charge in [0.05, 0.1) is 6.34 Å². The highest BCUT2D eigenvalue weighted by Gasteiger charge is 2.12. The van der Waals surface area contributed by atoms with Gasteiger partial charge in [0.25, 0.3) is 5.91 Å². The van der Waals surface area contributed by atoms with Crippen LogP contribution in [-0.4, -0.2) is 31.2 Å². The summed E-state index contributed by atoms with van der Waals surface area (Å²) in [7, 11) is 3.41. The average molecular weight is 226 g/mol. The van der Waals surface area contributed by atoms with Gasteiger partial charge < -0.3 is 4.90 Å². The summed E-state index contributed by atoms with van der Waals surface area (Å²) in [5.74, 6) is -2.61. The summed E-state index contributed by atoms with van der Waals surface area (Å²) in [5.41, 5.74) is 0.428. The second-order valence-corrected chi connectivity index (χ2v) is 3.59. The van der Waals surface area contributed by atoms with Crippen LogP contribution in [0.1, 0.15) is 15.9 Å². The van der Waals surface area contributed by atoms with Crippen molar-refractivity contribution in [2.75, 3.05) is 14.1 Å². The molecule has 0 unspecified atom stereocenters. The minimum absolute atomic E-state index is 0.0667. The van der Waals surface area contributed by atoms with Crippen LogP contribution in [0.5, 0.6) is 0 Å². The third-order valence-corrected chi connectivity index (χ3v) is 1.90. The fourth-order valence-corrected chi connectivity index (χ4v) is 1.11. The van der Waals surface area contributed by atoms with E-state index in [-0.39, 0.29) is 5.56 Å². The predicted molar refractivity (Wildman–Crippen MR) is 57.6 cm³/mol. The molecular weight excluding hydrogens is 214 g/mol. The summed E-state index contributed by atoms with van der Waals surface area (Å²) in [6.07, 6.45) is 1.31.